The van der Waals surface area contributed by atoms with Crippen molar-refractivity contribution in [3.05, 3.63) is 0 Å². The molecule has 0 aromatic heterocycles. The van der Waals surface area contributed by atoms with Gasteiger partial charge in [-0.25, -0.2) is 0 Å². The number of hydrogen-bond donors (Lipinski definition) is 5. The highest BCUT2D eigenvalue weighted by molar-refractivity contribution is 5.80. The standard InChI is InChI=1S/C22H41N5O8/c1-21(2,3)23-16(28)11-26(14-19(32)33)9-7-25(13-18(30)31)8-10-27(15-20(34)35)12-17(29)24-22(4,5)6/h7-15H2,1-6H3,(H,23,28)(H,24,29)(H,30,31)(H,32,33)(H,34,35). The summed E-state index contributed by atoms with van der Waals surface area (Å²) in [5.74, 6) is -4.09. The zero-order valence-electron chi connectivity index (χ0n) is 21.6. The maximum absolute atomic E-state index is 12.2. The average molecular weight is 504 g/mol. The Morgan fingerprint density at radius 2 is 0.771 bits per heavy atom. The summed E-state index contributed by atoms with van der Waals surface area (Å²) in [4.78, 5) is 62.6. The van der Waals surface area contributed by atoms with Gasteiger partial charge in [0.15, 0.2) is 0 Å². The van der Waals surface area contributed by atoms with Crippen LogP contribution in [0.2, 0.25) is 0 Å². The molecule has 0 aliphatic rings. The molecule has 0 saturated heterocycles. The quantitative estimate of drug-likeness (QED) is 0.174. The van der Waals surface area contributed by atoms with Gasteiger partial charge >= 0.3 is 17.9 Å². The number of carbonyl (C=O) groups is 5. The Kier molecular flexibility index (Phi) is 13.4. The van der Waals surface area contributed by atoms with E-state index in [9.17, 15) is 39.3 Å². The molecule has 13 heteroatoms. The minimum atomic E-state index is -1.13. The minimum absolute atomic E-state index is 0.0978. The topological polar surface area (TPSA) is 180 Å². The summed E-state index contributed by atoms with van der Waals surface area (Å²) in [6, 6.07) is 0. The number of nitrogens with one attached hydrogen (secondary N) is 2. The van der Waals surface area contributed by atoms with Crippen molar-refractivity contribution in [2.45, 2.75) is 52.6 Å². The number of rotatable bonds is 16. The van der Waals surface area contributed by atoms with E-state index in [1.54, 1.807) is 41.5 Å². The van der Waals surface area contributed by atoms with Crippen LogP contribution in [-0.2, 0) is 24.0 Å². The third-order valence-corrected chi connectivity index (χ3v) is 4.30. The third-order valence-electron chi connectivity index (χ3n) is 4.30. The van der Waals surface area contributed by atoms with Crippen LogP contribution in [0.15, 0.2) is 0 Å². The lowest BCUT2D eigenvalue weighted by Gasteiger charge is -2.29. The minimum Gasteiger partial charge on any atom is -0.480 e. The van der Waals surface area contributed by atoms with Gasteiger partial charge < -0.3 is 26.0 Å². The summed E-state index contributed by atoms with van der Waals surface area (Å²) < 4.78 is 0. The first-order valence-electron chi connectivity index (χ1n) is 11.3. The largest absolute Gasteiger partial charge is 0.480 e. The summed E-state index contributed by atoms with van der Waals surface area (Å²) in [5, 5.41) is 33.1. The van der Waals surface area contributed by atoms with E-state index in [1.807, 2.05) is 0 Å². The number of carboxylic acids is 3. The second kappa shape index (κ2) is 14.6. The van der Waals surface area contributed by atoms with E-state index >= 15 is 0 Å². The number of amides is 2. The summed E-state index contributed by atoms with van der Waals surface area (Å²) in [6.45, 7) is 9.69. The van der Waals surface area contributed by atoms with E-state index in [0.717, 1.165) is 0 Å². The zero-order chi connectivity index (χ0) is 27.4. The van der Waals surface area contributed by atoms with E-state index in [-0.39, 0.29) is 57.6 Å². The van der Waals surface area contributed by atoms with Gasteiger partial charge in [-0.1, -0.05) is 0 Å². The Morgan fingerprint density at radius 1 is 0.514 bits per heavy atom. The van der Waals surface area contributed by atoms with Crippen LogP contribution in [0, 0.1) is 0 Å². The molecule has 0 rings (SSSR count). The molecular weight excluding hydrogens is 462 g/mol. The number of hydrogen-bond acceptors (Lipinski definition) is 8. The second-order valence-electron chi connectivity index (χ2n) is 10.5. The summed E-state index contributed by atoms with van der Waals surface area (Å²) in [6.07, 6.45) is 0. The first-order valence-corrected chi connectivity index (χ1v) is 11.3. The van der Waals surface area contributed by atoms with Gasteiger partial charge in [0.25, 0.3) is 0 Å². The highest BCUT2D eigenvalue weighted by Crippen LogP contribution is 2.02. The van der Waals surface area contributed by atoms with Crippen LogP contribution >= 0.6 is 0 Å². The number of carboxylic acid groups (broad SMARTS) is 3. The Morgan fingerprint density at radius 3 is 1.03 bits per heavy atom. The highest BCUT2D eigenvalue weighted by atomic mass is 16.4. The van der Waals surface area contributed by atoms with E-state index in [4.69, 9.17) is 0 Å². The van der Waals surface area contributed by atoms with Crippen LogP contribution in [0.4, 0.5) is 0 Å². The van der Waals surface area contributed by atoms with Gasteiger partial charge in [0.05, 0.1) is 32.7 Å². The second-order valence-corrected chi connectivity index (χ2v) is 10.5. The molecule has 0 aromatic rings. The third kappa shape index (κ3) is 19.3. The Hall–Kier alpha value is -2.77. The van der Waals surface area contributed by atoms with E-state index in [1.165, 1.54) is 14.7 Å². The van der Waals surface area contributed by atoms with Gasteiger partial charge in [-0.15, -0.1) is 0 Å². The number of aliphatic carboxylic acids is 3. The first-order chi connectivity index (χ1) is 15.9. The molecule has 202 valence electrons. The lowest BCUT2D eigenvalue weighted by Crippen LogP contribution is -2.50. The SMILES string of the molecule is CC(C)(C)NC(=O)CN(CCN(CCN(CC(=O)O)CC(=O)NC(C)(C)C)CC(=O)O)CC(=O)O. The van der Waals surface area contributed by atoms with Crippen LogP contribution in [0.1, 0.15) is 41.5 Å². The van der Waals surface area contributed by atoms with Crippen LogP contribution in [0.3, 0.4) is 0 Å². The van der Waals surface area contributed by atoms with Crippen molar-refractivity contribution in [3.63, 3.8) is 0 Å². The van der Waals surface area contributed by atoms with Gasteiger partial charge in [0.2, 0.25) is 11.8 Å². The molecule has 13 nitrogen and oxygen atoms in total. The van der Waals surface area contributed by atoms with Gasteiger partial charge in [-0.2, -0.15) is 0 Å². The van der Waals surface area contributed by atoms with Crippen molar-refractivity contribution in [1.82, 2.24) is 25.3 Å². The van der Waals surface area contributed by atoms with Gasteiger partial charge in [-0.05, 0) is 41.5 Å². The number of carbonyl (C=O) groups excluding carboxylic acids is 2. The highest BCUT2D eigenvalue weighted by Gasteiger charge is 2.22. The smallest absolute Gasteiger partial charge is 0.317 e. The van der Waals surface area contributed by atoms with Crippen LogP contribution in [0.5, 0.6) is 0 Å². The molecule has 0 unspecified atom stereocenters. The number of nitrogens with zero attached hydrogens (tertiary/aromatic N) is 3. The van der Waals surface area contributed by atoms with Crippen molar-refractivity contribution >= 4 is 29.7 Å². The molecule has 0 fully saturated rings. The maximum Gasteiger partial charge on any atom is 0.317 e. The van der Waals surface area contributed by atoms with Crippen molar-refractivity contribution in [3.8, 4) is 0 Å². The molecule has 0 radical (unpaired) electrons. The predicted octanol–water partition coefficient (Wildman–Crippen LogP) is -1.02. The fourth-order valence-corrected chi connectivity index (χ4v) is 3.16. The molecule has 0 heterocycles. The van der Waals surface area contributed by atoms with Gasteiger partial charge in [0, 0.05) is 37.3 Å². The fourth-order valence-electron chi connectivity index (χ4n) is 3.16. The lowest BCUT2D eigenvalue weighted by molar-refractivity contribution is -0.141. The first kappa shape index (κ1) is 32.2. The fraction of sp³-hybridized carbons (Fsp3) is 0.773. The molecule has 0 saturated carbocycles. The van der Waals surface area contributed by atoms with Crippen LogP contribution in [0.25, 0.3) is 0 Å². The molecule has 0 spiro atoms. The van der Waals surface area contributed by atoms with E-state index < -0.39 is 42.1 Å². The summed E-state index contributed by atoms with van der Waals surface area (Å²) >= 11 is 0. The van der Waals surface area contributed by atoms with Crippen molar-refractivity contribution in [2.75, 3.05) is 58.9 Å². The molecule has 0 aliphatic heterocycles. The summed E-state index contributed by atoms with van der Waals surface area (Å²) in [5.41, 5.74) is -0.984. The molecule has 0 atom stereocenters. The summed E-state index contributed by atoms with van der Waals surface area (Å²) in [7, 11) is 0. The van der Waals surface area contributed by atoms with Crippen molar-refractivity contribution in [1.29, 1.82) is 0 Å². The average Bonchev–Trinajstić information content (AvgIpc) is 2.58. The van der Waals surface area contributed by atoms with E-state index in [2.05, 4.69) is 10.6 Å². The molecule has 5 N–H and O–H groups in total. The molecule has 0 aliphatic carbocycles. The van der Waals surface area contributed by atoms with E-state index in [0.29, 0.717) is 0 Å². The molecular formula is C22H41N5O8. The van der Waals surface area contributed by atoms with Crippen LogP contribution < -0.4 is 10.6 Å². The normalized spacial score (nSPS) is 12.1. The molecule has 0 aromatic carbocycles. The van der Waals surface area contributed by atoms with Crippen molar-refractivity contribution < 1.29 is 39.3 Å². The van der Waals surface area contributed by atoms with Crippen LogP contribution in [-0.4, -0.2) is 130 Å². The zero-order valence-corrected chi connectivity index (χ0v) is 21.6. The monoisotopic (exact) mass is 503 g/mol. The van der Waals surface area contributed by atoms with Gasteiger partial charge in [-0.3, -0.25) is 38.7 Å². The molecule has 0 bridgehead atoms. The lowest BCUT2D eigenvalue weighted by atomic mass is 10.1. The molecule has 35 heavy (non-hydrogen) atoms. The Labute approximate surface area is 206 Å². The Balaban J connectivity index is 5.20. The maximum atomic E-state index is 12.2. The Bertz CT molecular complexity index is 691. The van der Waals surface area contributed by atoms with Crippen molar-refractivity contribution in [2.24, 2.45) is 0 Å². The molecule has 2 amide bonds. The van der Waals surface area contributed by atoms with Gasteiger partial charge in [0.1, 0.15) is 0 Å². The predicted molar refractivity (Wildman–Crippen MR) is 128 cm³/mol.